The molecule has 0 aromatic carbocycles. The monoisotopic (exact) mass is 209 g/mol. The molecule has 1 rings (SSSR count). The lowest BCUT2D eigenvalue weighted by Crippen LogP contribution is -2.35. The Hall–Kier alpha value is -0.600. The fourth-order valence-electron chi connectivity index (χ4n) is 1.62. The summed E-state index contributed by atoms with van der Waals surface area (Å²) in [5.41, 5.74) is 1.24. The molecule has 0 aromatic rings. The van der Waals surface area contributed by atoms with E-state index in [0.29, 0.717) is 0 Å². The second kappa shape index (κ2) is 5.47. The summed E-state index contributed by atoms with van der Waals surface area (Å²) in [7, 11) is 3.98. The second-order valence-electron chi connectivity index (χ2n) is 4.80. The summed E-state index contributed by atoms with van der Waals surface area (Å²) in [6.45, 7) is 3.93. The average Bonchev–Trinajstić information content (AvgIpc) is 2.93. The van der Waals surface area contributed by atoms with Crippen molar-refractivity contribution in [2.45, 2.75) is 38.8 Å². The van der Waals surface area contributed by atoms with Crippen LogP contribution in [-0.2, 0) is 0 Å². The zero-order valence-electron chi connectivity index (χ0n) is 10.3. The van der Waals surface area contributed by atoms with Gasteiger partial charge in [-0.1, -0.05) is 23.8 Å². The molecule has 2 atom stereocenters. The molecule has 15 heavy (non-hydrogen) atoms. The molecule has 0 heterocycles. The fourth-order valence-corrected chi connectivity index (χ4v) is 1.62. The molecule has 0 bridgehead atoms. The van der Waals surface area contributed by atoms with E-state index in [1.54, 1.807) is 0 Å². The molecule has 1 fully saturated rings. The lowest BCUT2D eigenvalue weighted by atomic mass is 10.1. The Bertz CT molecular complexity index is 241. The highest BCUT2D eigenvalue weighted by atomic mass is 16.3. The van der Waals surface area contributed by atoms with Gasteiger partial charge in [0.15, 0.2) is 0 Å². The summed E-state index contributed by atoms with van der Waals surface area (Å²) in [5.74, 6) is 0.817. The first-order chi connectivity index (χ1) is 7.00. The molecule has 1 saturated carbocycles. The van der Waals surface area contributed by atoms with Crippen LogP contribution in [0.2, 0.25) is 0 Å². The lowest BCUT2D eigenvalue weighted by Gasteiger charge is -2.24. The number of allylic oxidation sites excluding steroid dienone is 3. The van der Waals surface area contributed by atoms with E-state index >= 15 is 0 Å². The molecule has 1 N–H and O–H groups in total. The first kappa shape index (κ1) is 12.5. The standard InChI is InChI=1S/C13H23NO/c1-10(5-6-12-7-8-12)9-13(11(2)15)14(3)4/h5-6,9,11-13,15H,7-8H2,1-4H3/b6-5+,10-9+. The number of nitrogens with zero attached hydrogens (tertiary/aromatic N) is 1. The Balaban J connectivity index is 2.55. The second-order valence-corrected chi connectivity index (χ2v) is 4.80. The topological polar surface area (TPSA) is 23.5 Å². The van der Waals surface area contributed by atoms with Gasteiger partial charge in [-0.2, -0.15) is 0 Å². The number of hydrogen-bond donors (Lipinski definition) is 1. The van der Waals surface area contributed by atoms with Gasteiger partial charge in [-0.25, -0.2) is 0 Å². The predicted octanol–water partition coefficient (Wildman–Crippen LogP) is 2.21. The maximum absolute atomic E-state index is 9.61. The van der Waals surface area contributed by atoms with Gasteiger partial charge < -0.3 is 10.0 Å². The van der Waals surface area contributed by atoms with Crippen molar-refractivity contribution in [1.82, 2.24) is 4.90 Å². The van der Waals surface area contributed by atoms with E-state index in [1.807, 2.05) is 25.9 Å². The summed E-state index contributed by atoms with van der Waals surface area (Å²) in [4.78, 5) is 2.04. The van der Waals surface area contributed by atoms with E-state index < -0.39 is 0 Å². The molecule has 0 saturated heterocycles. The first-order valence-electron chi connectivity index (χ1n) is 5.72. The van der Waals surface area contributed by atoms with Gasteiger partial charge >= 0.3 is 0 Å². The quantitative estimate of drug-likeness (QED) is 0.702. The third-order valence-electron chi connectivity index (χ3n) is 2.78. The molecule has 0 spiro atoms. The van der Waals surface area contributed by atoms with Crippen LogP contribution in [0.5, 0.6) is 0 Å². The van der Waals surface area contributed by atoms with Crippen molar-refractivity contribution in [3.05, 3.63) is 23.8 Å². The molecule has 1 aliphatic rings. The minimum Gasteiger partial charge on any atom is -0.391 e. The fraction of sp³-hybridized carbons (Fsp3) is 0.692. The lowest BCUT2D eigenvalue weighted by molar-refractivity contribution is 0.116. The van der Waals surface area contributed by atoms with Crippen LogP contribution < -0.4 is 0 Å². The van der Waals surface area contributed by atoms with Crippen LogP contribution >= 0.6 is 0 Å². The number of rotatable bonds is 5. The molecule has 0 aromatic heterocycles. The van der Waals surface area contributed by atoms with Crippen LogP contribution in [0.4, 0.5) is 0 Å². The molecular formula is C13H23NO. The third-order valence-corrected chi connectivity index (χ3v) is 2.78. The highest BCUT2D eigenvalue weighted by Gasteiger charge is 2.17. The summed E-state index contributed by atoms with van der Waals surface area (Å²) in [6.07, 6.45) is 8.94. The van der Waals surface area contributed by atoms with Gasteiger partial charge in [0.05, 0.1) is 12.1 Å². The Morgan fingerprint density at radius 1 is 1.40 bits per heavy atom. The molecule has 0 aliphatic heterocycles. The van der Waals surface area contributed by atoms with Crippen molar-refractivity contribution in [2.75, 3.05) is 14.1 Å². The molecule has 2 nitrogen and oxygen atoms in total. The van der Waals surface area contributed by atoms with Gasteiger partial charge in [0.25, 0.3) is 0 Å². The molecule has 0 radical (unpaired) electrons. The van der Waals surface area contributed by atoms with Crippen molar-refractivity contribution in [1.29, 1.82) is 0 Å². The normalized spacial score (nSPS) is 22.4. The maximum atomic E-state index is 9.61. The van der Waals surface area contributed by atoms with E-state index in [0.717, 1.165) is 5.92 Å². The van der Waals surface area contributed by atoms with Crippen LogP contribution in [0.15, 0.2) is 23.8 Å². The SMILES string of the molecule is CC(/C=C/C1CC1)=C\C(C(C)O)N(C)C. The van der Waals surface area contributed by atoms with Crippen LogP contribution in [0.25, 0.3) is 0 Å². The van der Waals surface area contributed by atoms with Crippen molar-refractivity contribution in [3.8, 4) is 0 Å². The minimum absolute atomic E-state index is 0.105. The number of hydrogen-bond acceptors (Lipinski definition) is 2. The van der Waals surface area contributed by atoms with Crippen LogP contribution in [0, 0.1) is 5.92 Å². The van der Waals surface area contributed by atoms with E-state index in [1.165, 1.54) is 18.4 Å². The highest BCUT2D eigenvalue weighted by molar-refractivity contribution is 5.20. The summed E-state index contributed by atoms with van der Waals surface area (Å²) < 4.78 is 0. The van der Waals surface area contributed by atoms with Crippen LogP contribution in [0.1, 0.15) is 26.7 Å². The summed E-state index contributed by atoms with van der Waals surface area (Å²) in [6, 6.07) is 0.105. The van der Waals surface area contributed by atoms with Crippen molar-refractivity contribution in [2.24, 2.45) is 5.92 Å². The van der Waals surface area contributed by atoms with Crippen molar-refractivity contribution < 1.29 is 5.11 Å². The molecule has 2 unspecified atom stereocenters. The van der Waals surface area contributed by atoms with E-state index in [-0.39, 0.29) is 12.1 Å². The number of aliphatic hydroxyl groups is 1. The Morgan fingerprint density at radius 3 is 2.40 bits per heavy atom. The molecular weight excluding hydrogens is 186 g/mol. The van der Waals surface area contributed by atoms with Gasteiger partial charge in [0.2, 0.25) is 0 Å². The molecule has 0 amide bonds. The minimum atomic E-state index is -0.329. The largest absolute Gasteiger partial charge is 0.391 e. The zero-order chi connectivity index (χ0) is 11.4. The van der Waals surface area contributed by atoms with Crippen molar-refractivity contribution >= 4 is 0 Å². The predicted molar refractivity (Wildman–Crippen MR) is 64.8 cm³/mol. The first-order valence-corrected chi connectivity index (χ1v) is 5.72. The smallest absolute Gasteiger partial charge is 0.0703 e. The Labute approximate surface area is 93.3 Å². The molecule has 1 aliphatic carbocycles. The number of aliphatic hydroxyl groups excluding tert-OH is 1. The average molecular weight is 209 g/mol. The van der Waals surface area contributed by atoms with Crippen LogP contribution in [-0.4, -0.2) is 36.2 Å². The summed E-state index contributed by atoms with van der Waals surface area (Å²) >= 11 is 0. The van der Waals surface area contributed by atoms with E-state index in [9.17, 15) is 5.11 Å². The van der Waals surface area contributed by atoms with Gasteiger partial charge in [0, 0.05) is 0 Å². The van der Waals surface area contributed by atoms with Gasteiger partial charge in [-0.15, -0.1) is 0 Å². The van der Waals surface area contributed by atoms with Gasteiger partial charge in [-0.05, 0) is 46.7 Å². The van der Waals surface area contributed by atoms with Gasteiger partial charge in [-0.3, -0.25) is 0 Å². The van der Waals surface area contributed by atoms with Gasteiger partial charge in [0.1, 0.15) is 0 Å². The zero-order valence-corrected chi connectivity index (χ0v) is 10.3. The van der Waals surface area contributed by atoms with E-state index in [4.69, 9.17) is 0 Å². The highest BCUT2D eigenvalue weighted by Crippen LogP contribution is 2.30. The molecule has 86 valence electrons. The summed E-state index contributed by atoms with van der Waals surface area (Å²) in [5, 5.41) is 9.61. The number of likely N-dealkylation sites (N-methyl/N-ethyl adjacent to an activating group) is 1. The van der Waals surface area contributed by atoms with Crippen molar-refractivity contribution in [3.63, 3.8) is 0 Å². The molecule has 2 heteroatoms. The van der Waals surface area contributed by atoms with E-state index in [2.05, 4.69) is 25.2 Å². The Kier molecular flexibility index (Phi) is 4.55. The Morgan fingerprint density at radius 2 is 2.00 bits per heavy atom. The third kappa shape index (κ3) is 4.63. The van der Waals surface area contributed by atoms with Crippen LogP contribution in [0.3, 0.4) is 0 Å². The maximum Gasteiger partial charge on any atom is 0.0703 e.